The molecule has 1 aliphatic rings. The standard InChI is InChI=1S/C21H28N2O5S/c1-4-27-20(25)16-7-9-23(10-8-16)21-22-17(14(2)29-21)13-28-18-6-5-15(12-24)11-19(18)26-3/h5-6,11,16,24H,4,7-10,12-13H2,1-3H3. The molecule has 158 valence electrons. The Bertz CT molecular complexity index is 830. The number of methoxy groups -OCH3 is 1. The molecule has 29 heavy (non-hydrogen) atoms. The number of aliphatic hydroxyl groups excluding tert-OH is 1. The van der Waals surface area contributed by atoms with E-state index < -0.39 is 0 Å². The third-order valence-corrected chi connectivity index (χ3v) is 6.12. The summed E-state index contributed by atoms with van der Waals surface area (Å²) < 4.78 is 16.4. The van der Waals surface area contributed by atoms with E-state index in [1.54, 1.807) is 30.6 Å². The second-order valence-electron chi connectivity index (χ2n) is 6.94. The SMILES string of the molecule is CCOC(=O)C1CCN(c2nc(COc3ccc(CO)cc3OC)c(C)s2)CC1. The highest BCUT2D eigenvalue weighted by molar-refractivity contribution is 7.15. The zero-order chi connectivity index (χ0) is 20.8. The molecule has 1 aliphatic heterocycles. The molecule has 1 N–H and O–H groups in total. The van der Waals surface area contributed by atoms with E-state index in [1.165, 1.54) is 0 Å². The van der Waals surface area contributed by atoms with Crippen LogP contribution < -0.4 is 14.4 Å². The lowest BCUT2D eigenvalue weighted by molar-refractivity contribution is -0.148. The van der Waals surface area contributed by atoms with Crippen LogP contribution in [0, 0.1) is 12.8 Å². The number of benzene rings is 1. The number of aromatic nitrogens is 1. The predicted molar refractivity (Wildman–Crippen MR) is 112 cm³/mol. The summed E-state index contributed by atoms with van der Waals surface area (Å²) in [6.07, 6.45) is 1.58. The molecule has 2 aromatic rings. The summed E-state index contributed by atoms with van der Waals surface area (Å²) in [5.74, 6) is 1.11. The summed E-state index contributed by atoms with van der Waals surface area (Å²) in [6, 6.07) is 5.38. The summed E-state index contributed by atoms with van der Waals surface area (Å²) in [4.78, 5) is 20.0. The molecular weight excluding hydrogens is 392 g/mol. The summed E-state index contributed by atoms with van der Waals surface area (Å²) in [6.45, 7) is 6.21. The first-order chi connectivity index (χ1) is 14.0. The molecule has 7 nitrogen and oxygen atoms in total. The zero-order valence-electron chi connectivity index (χ0n) is 17.1. The molecule has 1 fully saturated rings. The third kappa shape index (κ3) is 5.19. The van der Waals surface area contributed by atoms with Crippen LogP contribution in [0.1, 0.15) is 35.9 Å². The van der Waals surface area contributed by atoms with Gasteiger partial charge in [0, 0.05) is 18.0 Å². The van der Waals surface area contributed by atoms with Crippen LogP contribution in [0.3, 0.4) is 0 Å². The van der Waals surface area contributed by atoms with Crippen molar-refractivity contribution in [3.05, 3.63) is 34.3 Å². The monoisotopic (exact) mass is 420 g/mol. The Morgan fingerprint density at radius 1 is 1.31 bits per heavy atom. The van der Waals surface area contributed by atoms with Crippen LogP contribution in [0.25, 0.3) is 0 Å². The van der Waals surface area contributed by atoms with Gasteiger partial charge in [-0.15, -0.1) is 11.3 Å². The first-order valence-electron chi connectivity index (χ1n) is 9.84. The van der Waals surface area contributed by atoms with Crippen LogP contribution in [-0.4, -0.2) is 42.9 Å². The molecule has 0 unspecified atom stereocenters. The van der Waals surface area contributed by atoms with Crippen LogP contribution in [0.2, 0.25) is 0 Å². The highest BCUT2D eigenvalue weighted by atomic mass is 32.1. The molecule has 0 amide bonds. The lowest BCUT2D eigenvalue weighted by Gasteiger charge is -2.30. The van der Waals surface area contributed by atoms with Gasteiger partial charge in [0.15, 0.2) is 16.6 Å². The molecule has 1 aromatic heterocycles. The second-order valence-corrected chi connectivity index (χ2v) is 8.13. The molecule has 3 rings (SSSR count). The maximum absolute atomic E-state index is 11.9. The summed E-state index contributed by atoms with van der Waals surface area (Å²) in [5, 5.41) is 10.2. The Labute approximate surface area is 175 Å². The summed E-state index contributed by atoms with van der Waals surface area (Å²) in [7, 11) is 1.58. The normalized spacial score (nSPS) is 14.7. The fraction of sp³-hybridized carbons (Fsp3) is 0.524. The Kier molecular flexibility index (Phi) is 7.33. The minimum absolute atomic E-state index is 0.00980. The number of anilines is 1. The maximum atomic E-state index is 11.9. The van der Waals surface area contributed by atoms with E-state index in [2.05, 4.69) is 4.90 Å². The van der Waals surface area contributed by atoms with E-state index in [-0.39, 0.29) is 18.5 Å². The summed E-state index contributed by atoms with van der Waals surface area (Å²) >= 11 is 1.65. The van der Waals surface area contributed by atoms with Crippen LogP contribution in [0.15, 0.2) is 18.2 Å². The summed E-state index contributed by atoms with van der Waals surface area (Å²) in [5.41, 5.74) is 1.67. The lowest BCUT2D eigenvalue weighted by Crippen LogP contribution is -2.36. The van der Waals surface area contributed by atoms with Gasteiger partial charge in [-0.1, -0.05) is 6.07 Å². The number of aliphatic hydroxyl groups is 1. The largest absolute Gasteiger partial charge is 0.493 e. The first kappa shape index (κ1) is 21.4. The first-order valence-corrected chi connectivity index (χ1v) is 10.7. The van der Waals surface area contributed by atoms with Gasteiger partial charge in [0.1, 0.15) is 6.61 Å². The number of hydrogen-bond acceptors (Lipinski definition) is 8. The molecule has 0 spiro atoms. The van der Waals surface area contributed by atoms with Crippen molar-refractivity contribution in [2.45, 2.75) is 39.9 Å². The van der Waals surface area contributed by atoms with Gasteiger partial charge in [-0.3, -0.25) is 4.79 Å². The fourth-order valence-electron chi connectivity index (χ4n) is 3.32. The van der Waals surface area contributed by atoms with E-state index in [0.717, 1.165) is 47.2 Å². The van der Waals surface area contributed by atoms with E-state index in [0.29, 0.717) is 24.7 Å². The second kappa shape index (κ2) is 9.93. The average Bonchev–Trinajstić information content (AvgIpc) is 3.12. The maximum Gasteiger partial charge on any atom is 0.309 e. The van der Waals surface area contributed by atoms with Crippen LogP contribution >= 0.6 is 11.3 Å². The molecule has 0 saturated carbocycles. The number of carbonyl (C=O) groups excluding carboxylic acids is 1. The van der Waals surface area contributed by atoms with Crippen molar-refractivity contribution in [3.8, 4) is 11.5 Å². The quantitative estimate of drug-likeness (QED) is 0.656. The lowest BCUT2D eigenvalue weighted by atomic mass is 9.97. The molecule has 8 heteroatoms. The highest BCUT2D eigenvalue weighted by Crippen LogP contribution is 2.32. The molecule has 2 heterocycles. The number of thiazole rings is 1. The number of piperidine rings is 1. The third-order valence-electron chi connectivity index (χ3n) is 5.04. The minimum Gasteiger partial charge on any atom is -0.493 e. The van der Waals surface area contributed by atoms with Crippen molar-refractivity contribution >= 4 is 22.4 Å². The van der Waals surface area contributed by atoms with Crippen molar-refractivity contribution in [1.29, 1.82) is 0 Å². The number of carbonyl (C=O) groups is 1. The number of nitrogens with zero attached hydrogens (tertiary/aromatic N) is 2. The van der Waals surface area contributed by atoms with Crippen molar-refractivity contribution in [2.24, 2.45) is 5.92 Å². The zero-order valence-corrected chi connectivity index (χ0v) is 18.0. The fourth-order valence-corrected chi connectivity index (χ4v) is 4.29. The number of hydrogen-bond donors (Lipinski definition) is 1. The Morgan fingerprint density at radius 3 is 2.72 bits per heavy atom. The number of ether oxygens (including phenoxy) is 3. The molecule has 0 bridgehead atoms. The molecule has 0 radical (unpaired) electrons. The van der Waals surface area contributed by atoms with Crippen LogP contribution in [-0.2, 0) is 22.7 Å². The smallest absolute Gasteiger partial charge is 0.309 e. The molecular formula is C21H28N2O5S. The van der Waals surface area contributed by atoms with Crippen molar-refractivity contribution in [3.63, 3.8) is 0 Å². The van der Waals surface area contributed by atoms with Gasteiger partial charge in [0.2, 0.25) is 0 Å². The van der Waals surface area contributed by atoms with Gasteiger partial charge < -0.3 is 24.2 Å². The topological polar surface area (TPSA) is 81.1 Å². The van der Waals surface area contributed by atoms with Crippen LogP contribution in [0.4, 0.5) is 5.13 Å². The van der Waals surface area contributed by atoms with Gasteiger partial charge in [-0.25, -0.2) is 4.98 Å². The van der Waals surface area contributed by atoms with Crippen molar-refractivity contribution < 1.29 is 24.1 Å². The van der Waals surface area contributed by atoms with Crippen LogP contribution in [0.5, 0.6) is 11.5 Å². The molecule has 1 saturated heterocycles. The van der Waals surface area contributed by atoms with Gasteiger partial charge in [-0.2, -0.15) is 0 Å². The van der Waals surface area contributed by atoms with Gasteiger partial charge >= 0.3 is 5.97 Å². The van der Waals surface area contributed by atoms with E-state index >= 15 is 0 Å². The predicted octanol–water partition coefficient (Wildman–Crippen LogP) is 3.31. The van der Waals surface area contributed by atoms with Gasteiger partial charge in [-0.05, 0) is 44.4 Å². The number of aryl methyl sites for hydroxylation is 1. The van der Waals surface area contributed by atoms with Gasteiger partial charge in [0.25, 0.3) is 0 Å². The Hall–Kier alpha value is -2.32. The minimum atomic E-state index is -0.0854. The molecule has 1 aromatic carbocycles. The number of esters is 1. The Morgan fingerprint density at radius 2 is 2.07 bits per heavy atom. The van der Waals surface area contributed by atoms with E-state index in [4.69, 9.17) is 19.2 Å². The van der Waals surface area contributed by atoms with Crippen molar-refractivity contribution in [2.75, 3.05) is 31.7 Å². The van der Waals surface area contributed by atoms with Crippen molar-refractivity contribution in [1.82, 2.24) is 4.98 Å². The van der Waals surface area contributed by atoms with E-state index in [1.807, 2.05) is 19.9 Å². The average molecular weight is 421 g/mol. The van der Waals surface area contributed by atoms with Gasteiger partial charge in [0.05, 0.1) is 31.9 Å². The molecule has 0 atom stereocenters. The van der Waals surface area contributed by atoms with E-state index in [9.17, 15) is 9.90 Å². The highest BCUT2D eigenvalue weighted by Gasteiger charge is 2.27. The Balaban J connectivity index is 1.61. The number of rotatable bonds is 8. The molecule has 0 aliphatic carbocycles.